The maximum absolute atomic E-state index is 13.5. The van der Waals surface area contributed by atoms with Gasteiger partial charge in [-0.15, -0.1) is 5.10 Å². The summed E-state index contributed by atoms with van der Waals surface area (Å²) in [7, 11) is 0. The maximum Gasteiger partial charge on any atom is 0.410 e. The van der Waals surface area contributed by atoms with E-state index in [4.69, 9.17) is 4.74 Å². The molecule has 10 heteroatoms. The molecule has 3 atom stereocenters. The molecule has 2 bridgehead atoms. The number of rotatable bonds is 4. The molecule has 8 nitrogen and oxygen atoms in total. The van der Waals surface area contributed by atoms with E-state index in [1.54, 1.807) is 0 Å². The van der Waals surface area contributed by atoms with Gasteiger partial charge in [-0.25, -0.2) is 4.79 Å². The molecule has 1 aromatic carbocycles. The number of piperazine rings is 1. The van der Waals surface area contributed by atoms with E-state index in [-0.39, 0.29) is 24.0 Å². The number of amides is 1. The van der Waals surface area contributed by atoms with E-state index < -0.39 is 18.2 Å². The van der Waals surface area contributed by atoms with Crippen LogP contribution >= 0.6 is 0 Å². The molecule has 2 aliphatic rings. The predicted octanol–water partition coefficient (Wildman–Crippen LogP) is 3.24. The Bertz CT molecular complexity index is 871. The first-order valence-corrected chi connectivity index (χ1v) is 10.1. The molecule has 0 radical (unpaired) electrons. The summed E-state index contributed by atoms with van der Waals surface area (Å²) < 4.78 is 33.2. The number of ether oxygens (including phenoxy) is 1. The van der Waals surface area contributed by atoms with Crippen LogP contribution in [0.4, 0.5) is 13.6 Å². The first-order valence-electron chi connectivity index (χ1n) is 10.1. The van der Waals surface area contributed by atoms with E-state index in [9.17, 15) is 13.6 Å². The Kier molecular flexibility index (Phi) is 5.44. The average molecular weight is 420 g/mol. The van der Waals surface area contributed by atoms with Gasteiger partial charge in [0.25, 0.3) is 0 Å². The van der Waals surface area contributed by atoms with Crippen molar-refractivity contribution in [3.05, 3.63) is 41.7 Å². The van der Waals surface area contributed by atoms with Crippen LogP contribution in [0, 0.1) is 0 Å². The lowest BCUT2D eigenvalue weighted by atomic mass is 10.0. The number of nitrogens with zero attached hydrogens (tertiary/aromatic N) is 6. The molecule has 0 N–H and O–H groups in total. The standard InChI is InChI=1S/C20H26F2N6O2/c1-20(2,3)30-19(29)27-14-9-10-15(27)12-26(11-14)16(13-7-5-4-6-8-13)17-23-24-25-28(17)18(21)22/h4-8,14-16,18H,9-12H2,1-3H3. The Hall–Kier alpha value is -2.62. The molecular formula is C20H26F2N6O2. The predicted molar refractivity (Wildman–Crippen MR) is 104 cm³/mol. The van der Waals surface area contributed by atoms with Gasteiger partial charge in [-0.3, -0.25) is 9.80 Å². The highest BCUT2D eigenvalue weighted by molar-refractivity contribution is 5.69. The third kappa shape index (κ3) is 4.00. The van der Waals surface area contributed by atoms with Crippen LogP contribution in [0.2, 0.25) is 0 Å². The van der Waals surface area contributed by atoms with Gasteiger partial charge in [0, 0.05) is 25.2 Å². The molecule has 0 spiro atoms. The van der Waals surface area contributed by atoms with Gasteiger partial charge in [0.15, 0.2) is 5.82 Å². The topological polar surface area (TPSA) is 76.4 Å². The summed E-state index contributed by atoms with van der Waals surface area (Å²) in [4.78, 5) is 16.7. The Balaban J connectivity index is 1.63. The van der Waals surface area contributed by atoms with Crippen LogP contribution in [0.15, 0.2) is 30.3 Å². The van der Waals surface area contributed by atoms with Crippen molar-refractivity contribution in [3.63, 3.8) is 0 Å². The first kappa shape index (κ1) is 20.6. The van der Waals surface area contributed by atoms with Crippen molar-refractivity contribution in [2.75, 3.05) is 13.1 Å². The summed E-state index contributed by atoms with van der Waals surface area (Å²) in [6.45, 7) is 3.77. The molecule has 30 heavy (non-hydrogen) atoms. The third-order valence-electron chi connectivity index (χ3n) is 5.54. The van der Waals surface area contributed by atoms with E-state index in [1.165, 1.54) is 0 Å². The Morgan fingerprint density at radius 1 is 1.13 bits per heavy atom. The fourth-order valence-corrected chi connectivity index (χ4v) is 4.44. The van der Waals surface area contributed by atoms with Crippen LogP contribution in [-0.4, -0.2) is 66.9 Å². The zero-order valence-electron chi connectivity index (χ0n) is 17.3. The molecule has 1 aromatic heterocycles. The second-order valence-electron chi connectivity index (χ2n) is 8.80. The molecule has 2 saturated heterocycles. The lowest BCUT2D eigenvalue weighted by molar-refractivity contribution is -0.0107. The van der Waals surface area contributed by atoms with Gasteiger partial charge in [-0.2, -0.15) is 13.5 Å². The lowest BCUT2D eigenvalue weighted by Gasteiger charge is -2.44. The monoisotopic (exact) mass is 420 g/mol. The maximum atomic E-state index is 13.5. The highest BCUT2D eigenvalue weighted by Gasteiger charge is 2.47. The van der Waals surface area contributed by atoms with Crippen LogP contribution in [0.1, 0.15) is 57.6 Å². The van der Waals surface area contributed by atoms with Gasteiger partial charge in [0.05, 0.1) is 6.04 Å². The van der Waals surface area contributed by atoms with Crippen molar-refractivity contribution in [1.29, 1.82) is 0 Å². The second-order valence-corrected chi connectivity index (χ2v) is 8.80. The summed E-state index contributed by atoms with van der Waals surface area (Å²) >= 11 is 0. The molecule has 3 heterocycles. The van der Waals surface area contributed by atoms with Gasteiger partial charge in [-0.1, -0.05) is 30.3 Å². The van der Waals surface area contributed by atoms with Crippen LogP contribution in [-0.2, 0) is 4.74 Å². The number of halogens is 2. The van der Waals surface area contributed by atoms with E-state index in [0.717, 1.165) is 18.4 Å². The number of hydrogen-bond acceptors (Lipinski definition) is 6. The summed E-state index contributed by atoms with van der Waals surface area (Å²) in [5.74, 6) is 0.0984. The number of hydrogen-bond donors (Lipinski definition) is 0. The van der Waals surface area contributed by atoms with Crippen molar-refractivity contribution in [3.8, 4) is 0 Å². The molecule has 3 unspecified atom stereocenters. The van der Waals surface area contributed by atoms with Gasteiger partial charge in [0.1, 0.15) is 5.60 Å². The largest absolute Gasteiger partial charge is 0.444 e. The molecule has 1 amide bonds. The zero-order chi connectivity index (χ0) is 21.5. The summed E-state index contributed by atoms with van der Waals surface area (Å²) in [5, 5.41) is 10.9. The minimum atomic E-state index is -2.83. The zero-order valence-corrected chi connectivity index (χ0v) is 17.3. The van der Waals surface area contributed by atoms with Crippen molar-refractivity contribution in [1.82, 2.24) is 30.0 Å². The summed E-state index contributed by atoms with van der Waals surface area (Å²) in [6, 6.07) is 8.77. The molecule has 4 rings (SSSR count). The minimum absolute atomic E-state index is 0.0410. The number of carbonyl (C=O) groups is 1. The van der Waals surface area contributed by atoms with Crippen molar-refractivity contribution >= 4 is 6.09 Å². The Morgan fingerprint density at radius 3 is 2.33 bits per heavy atom. The van der Waals surface area contributed by atoms with E-state index in [1.807, 2.05) is 56.0 Å². The van der Waals surface area contributed by atoms with E-state index in [2.05, 4.69) is 20.4 Å². The van der Waals surface area contributed by atoms with Gasteiger partial charge in [0.2, 0.25) is 0 Å². The number of benzene rings is 1. The van der Waals surface area contributed by atoms with E-state index in [0.29, 0.717) is 17.8 Å². The normalized spacial score (nSPS) is 23.1. The van der Waals surface area contributed by atoms with E-state index >= 15 is 0 Å². The number of carbonyl (C=O) groups excluding carboxylic acids is 1. The fourth-order valence-electron chi connectivity index (χ4n) is 4.44. The van der Waals surface area contributed by atoms with Gasteiger partial charge < -0.3 is 4.74 Å². The summed E-state index contributed by atoms with van der Waals surface area (Å²) in [6.07, 6.45) is 1.38. The average Bonchev–Trinajstić information content (AvgIpc) is 3.25. The van der Waals surface area contributed by atoms with Gasteiger partial charge in [-0.05, 0) is 49.6 Å². The van der Waals surface area contributed by atoms with Crippen molar-refractivity contribution < 1.29 is 18.3 Å². The molecule has 2 aromatic rings. The molecule has 162 valence electrons. The summed E-state index contributed by atoms with van der Waals surface area (Å²) in [5.41, 5.74) is 0.263. The van der Waals surface area contributed by atoms with Gasteiger partial charge >= 0.3 is 12.6 Å². The number of aromatic nitrogens is 4. The van der Waals surface area contributed by atoms with Crippen LogP contribution in [0.5, 0.6) is 0 Å². The Labute approximate surface area is 173 Å². The van der Waals surface area contributed by atoms with Crippen LogP contribution in [0.3, 0.4) is 0 Å². The fraction of sp³-hybridized carbons (Fsp3) is 0.600. The number of likely N-dealkylation sites (tertiary alicyclic amines) is 1. The highest BCUT2D eigenvalue weighted by Crippen LogP contribution is 2.37. The molecule has 2 aliphatic heterocycles. The third-order valence-corrected chi connectivity index (χ3v) is 5.54. The molecule has 0 aliphatic carbocycles. The molecule has 2 fully saturated rings. The second kappa shape index (κ2) is 7.90. The lowest BCUT2D eigenvalue weighted by Crippen LogP contribution is -2.57. The van der Waals surface area contributed by atoms with Crippen molar-refractivity contribution in [2.24, 2.45) is 0 Å². The highest BCUT2D eigenvalue weighted by atomic mass is 19.3. The molecule has 0 saturated carbocycles. The molecular weight excluding hydrogens is 394 g/mol. The van der Waals surface area contributed by atoms with Crippen LogP contribution < -0.4 is 0 Å². The number of tetrazole rings is 1. The minimum Gasteiger partial charge on any atom is -0.444 e. The SMILES string of the molecule is CC(C)(C)OC(=O)N1C2CCC1CN(C(c1ccccc1)c1nnnn1C(F)F)C2. The Morgan fingerprint density at radius 2 is 1.77 bits per heavy atom. The first-order chi connectivity index (χ1) is 14.2. The quantitative estimate of drug-likeness (QED) is 0.756. The van der Waals surface area contributed by atoms with Crippen LogP contribution in [0.25, 0.3) is 0 Å². The number of fused-ring (bicyclic) bond motifs is 2. The van der Waals surface area contributed by atoms with Crippen molar-refractivity contribution in [2.45, 2.75) is 63.9 Å². The smallest absolute Gasteiger partial charge is 0.410 e. The number of alkyl halides is 2.